The maximum atomic E-state index is 15.5. The van der Waals surface area contributed by atoms with Crippen LogP contribution in [0, 0.1) is 23.3 Å². The quantitative estimate of drug-likeness (QED) is 0.0202. The van der Waals surface area contributed by atoms with Crippen LogP contribution >= 0.6 is 23.5 Å². The molecule has 0 saturated heterocycles. The zero-order valence-electron chi connectivity index (χ0n) is 33.9. The van der Waals surface area contributed by atoms with Crippen molar-refractivity contribution >= 4 is 46.8 Å². The number of rotatable bonds is 15. The fourth-order valence-electron chi connectivity index (χ4n) is 6.07. The first-order valence-electron chi connectivity index (χ1n) is 18.6. The van der Waals surface area contributed by atoms with E-state index in [4.69, 9.17) is 30.2 Å². The number of azide groups is 1. The number of esters is 2. The average molecular weight is 885 g/mol. The number of thioether (sulfide) groups is 2. The number of hydrogen-bond donors (Lipinski definition) is 1. The number of methoxy groups -OCH3 is 4. The lowest BCUT2D eigenvalue weighted by Crippen LogP contribution is -2.12. The Bertz CT molecular complexity index is 2590. The van der Waals surface area contributed by atoms with E-state index < -0.39 is 35.2 Å². The van der Waals surface area contributed by atoms with Crippen molar-refractivity contribution in [3.63, 3.8) is 0 Å². The van der Waals surface area contributed by atoms with Gasteiger partial charge in [-0.1, -0.05) is 65.8 Å². The second kappa shape index (κ2) is 22.3. The third kappa shape index (κ3) is 11.6. The molecule has 0 spiro atoms. The van der Waals surface area contributed by atoms with E-state index in [0.29, 0.717) is 22.2 Å². The summed E-state index contributed by atoms with van der Waals surface area (Å²) in [4.78, 5) is 28.2. The van der Waals surface area contributed by atoms with Crippen LogP contribution in [-0.2, 0) is 33.8 Å². The maximum Gasteiger partial charge on any atom is 0.338 e. The molecule has 0 radical (unpaired) electrons. The second-order valence-corrected chi connectivity index (χ2v) is 15.2. The molecule has 0 heterocycles. The van der Waals surface area contributed by atoms with Gasteiger partial charge in [-0.2, -0.15) is 0 Å². The van der Waals surface area contributed by atoms with Gasteiger partial charge < -0.3 is 24.7 Å². The Balaban J connectivity index is 0.000000235. The second-order valence-electron chi connectivity index (χ2n) is 13.2. The van der Waals surface area contributed by atoms with Crippen LogP contribution in [0.1, 0.15) is 54.1 Å². The van der Waals surface area contributed by atoms with Crippen LogP contribution in [0.3, 0.4) is 0 Å². The van der Waals surface area contributed by atoms with Crippen molar-refractivity contribution in [3.05, 3.63) is 187 Å². The van der Waals surface area contributed by atoms with E-state index in [1.165, 1.54) is 74.1 Å². The van der Waals surface area contributed by atoms with Gasteiger partial charge in [0.2, 0.25) is 0 Å². The summed E-state index contributed by atoms with van der Waals surface area (Å²) in [7, 11) is 5.55. The molecule has 0 aromatic heterocycles. The van der Waals surface area contributed by atoms with Crippen LogP contribution in [0.25, 0.3) is 10.4 Å². The van der Waals surface area contributed by atoms with Crippen LogP contribution in [0.5, 0.6) is 11.5 Å². The highest BCUT2D eigenvalue weighted by atomic mass is 32.2. The molecule has 0 fully saturated rings. The molecule has 0 aliphatic carbocycles. The lowest BCUT2D eigenvalue weighted by molar-refractivity contribution is 0.0589. The van der Waals surface area contributed by atoms with Crippen LogP contribution in [0.4, 0.5) is 28.9 Å². The minimum Gasteiger partial charge on any atom is -0.497 e. The molecule has 0 aliphatic heterocycles. The number of hydrogen-bond acceptors (Lipinski definition) is 10. The van der Waals surface area contributed by atoms with Gasteiger partial charge in [-0.05, 0) is 76.3 Å². The number of nitrogens with zero attached hydrogens (tertiary/aromatic N) is 3. The van der Waals surface area contributed by atoms with Gasteiger partial charge in [0.25, 0.3) is 0 Å². The number of halogens is 4. The fourth-order valence-corrected chi connectivity index (χ4v) is 8.01. The summed E-state index contributed by atoms with van der Waals surface area (Å²) in [6.07, 6.45) is -0.323. The fraction of sp³-hybridized carbons (Fsp3) is 0.174. The van der Waals surface area contributed by atoms with Crippen LogP contribution in [0.2, 0.25) is 0 Å². The Morgan fingerprint density at radius 1 is 0.629 bits per heavy atom. The third-order valence-electron chi connectivity index (χ3n) is 9.39. The highest BCUT2D eigenvalue weighted by Gasteiger charge is 2.25. The average Bonchev–Trinajstić information content (AvgIpc) is 3.30. The van der Waals surface area contributed by atoms with E-state index in [9.17, 15) is 18.4 Å². The Morgan fingerprint density at radius 2 is 1.05 bits per heavy atom. The Morgan fingerprint density at radius 3 is 1.47 bits per heavy atom. The first-order valence-corrected chi connectivity index (χ1v) is 20.6. The number of ether oxygens (including phenoxy) is 4. The van der Waals surface area contributed by atoms with Gasteiger partial charge in [-0.3, -0.25) is 0 Å². The molecule has 0 bridgehead atoms. The maximum absolute atomic E-state index is 15.5. The van der Waals surface area contributed by atoms with Crippen molar-refractivity contribution in [2.75, 3.05) is 34.2 Å². The summed E-state index contributed by atoms with van der Waals surface area (Å²) in [6.45, 7) is 0. The standard InChI is InChI=1S/C23H19F2N3O3S.C23H21F2NO3S/c1-30-16-9-7-14(8-10-16)13-32-20-12-18(23(29)31-2)17(21(25)22(20)27-28-26)11-15-5-3-4-6-19(15)24;1-28-16-9-7-14(8-10-16)13-30-20-12-18(23(27)29-2)17(21(25)22(20)26)11-15-5-3-4-6-19(15)24/h3-10,12H,11,13H2,1-2H3;3-10,12H,11,13,26H2,1-2H3. The largest absolute Gasteiger partial charge is 0.497 e. The summed E-state index contributed by atoms with van der Waals surface area (Å²) >= 11 is 2.50. The Kier molecular flexibility index (Phi) is 16.7. The summed E-state index contributed by atoms with van der Waals surface area (Å²) in [6, 6.07) is 29.6. The molecule has 0 atom stereocenters. The molecule has 0 saturated carbocycles. The number of anilines is 1. The van der Waals surface area contributed by atoms with Gasteiger partial charge in [-0.25, -0.2) is 27.2 Å². The van der Waals surface area contributed by atoms with Crippen molar-refractivity contribution in [1.82, 2.24) is 0 Å². The smallest absolute Gasteiger partial charge is 0.338 e. The van der Waals surface area contributed by atoms with Crippen LogP contribution in [0.15, 0.2) is 124 Å². The minimum atomic E-state index is -0.883. The highest BCUT2D eigenvalue weighted by Crippen LogP contribution is 2.39. The molecule has 0 unspecified atom stereocenters. The summed E-state index contributed by atoms with van der Waals surface area (Å²) in [5.41, 5.74) is 16.9. The van der Waals surface area contributed by atoms with Gasteiger partial charge in [0.15, 0.2) is 5.82 Å². The molecule has 0 amide bonds. The SMILES string of the molecule is COC(=O)c1cc(SCc2ccc(OC)cc2)c(N)c(F)c1Cc1ccccc1F.COC(=O)c1cc(SCc2ccc(OC)cc2)c(N=[N+]=[N-])c(F)c1Cc1ccccc1F. The lowest BCUT2D eigenvalue weighted by atomic mass is 9.98. The van der Waals surface area contributed by atoms with Crippen LogP contribution in [-0.4, -0.2) is 40.4 Å². The van der Waals surface area contributed by atoms with Crippen molar-refractivity contribution < 1.29 is 46.1 Å². The number of nitrogen functional groups attached to an aromatic ring is 1. The van der Waals surface area contributed by atoms with Gasteiger partial charge in [0.1, 0.15) is 29.0 Å². The number of benzene rings is 6. The molecular formula is C46H40F4N4O6S2. The number of carbonyl (C=O) groups excluding carboxylic acids is 2. The summed E-state index contributed by atoms with van der Waals surface area (Å²) < 4.78 is 78.8. The van der Waals surface area contributed by atoms with E-state index in [0.717, 1.165) is 16.9 Å². The number of carbonyl (C=O) groups is 2. The minimum absolute atomic E-state index is 0.0123. The molecule has 16 heteroatoms. The molecule has 6 aromatic carbocycles. The number of nitrogens with two attached hydrogens (primary N) is 1. The molecule has 6 rings (SSSR count). The van der Waals surface area contributed by atoms with Gasteiger partial charge in [0.05, 0.1) is 50.9 Å². The van der Waals surface area contributed by atoms with Gasteiger partial charge >= 0.3 is 11.9 Å². The predicted octanol–water partition coefficient (Wildman–Crippen LogP) is 11.8. The molecular weight excluding hydrogens is 845 g/mol. The summed E-state index contributed by atoms with van der Waals surface area (Å²) in [5, 5.41) is 3.52. The molecule has 320 valence electrons. The first-order chi connectivity index (χ1) is 29.9. The highest BCUT2D eigenvalue weighted by molar-refractivity contribution is 7.99. The normalized spacial score (nSPS) is 10.5. The lowest BCUT2D eigenvalue weighted by Gasteiger charge is -2.15. The Hall–Kier alpha value is -6.61. The van der Waals surface area contributed by atoms with E-state index in [1.54, 1.807) is 50.6 Å². The first kappa shape index (κ1) is 46.5. The van der Waals surface area contributed by atoms with E-state index in [-0.39, 0.29) is 62.5 Å². The zero-order chi connectivity index (χ0) is 44.8. The van der Waals surface area contributed by atoms with Crippen molar-refractivity contribution in [1.29, 1.82) is 0 Å². The molecule has 6 aromatic rings. The summed E-state index contributed by atoms with van der Waals surface area (Å²) in [5.74, 6) is -1.74. The van der Waals surface area contributed by atoms with Gasteiger partial charge in [0, 0.05) is 50.2 Å². The van der Waals surface area contributed by atoms with Crippen molar-refractivity contribution in [2.45, 2.75) is 34.1 Å². The van der Waals surface area contributed by atoms with Gasteiger partial charge in [-0.15, -0.1) is 23.5 Å². The van der Waals surface area contributed by atoms with Crippen LogP contribution < -0.4 is 15.2 Å². The van der Waals surface area contributed by atoms with E-state index in [1.807, 2.05) is 36.4 Å². The van der Waals surface area contributed by atoms with Crippen molar-refractivity contribution in [3.8, 4) is 11.5 Å². The van der Waals surface area contributed by atoms with E-state index >= 15 is 8.78 Å². The molecule has 2 N–H and O–H groups in total. The Labute approximate surface area is 364 Å². The van der Waals surface area contributed by atoms with Crippen molar-refractivity contribution in [2.24, 2.45) is 5.11 Å². The monoisotopic (exact) mass is 884 g/mol. The van der Waals surface area contributed by atoms with E-state index in [2.05, 4.69) is 10.0 Å². The molecule has 10 nitrogen and oxygen atoms in total. The predicted molar refractivity (Wildman–Crippen MR) is 232 cm³/mol. The molecule has 62 heavy (non-hydrogen) atoms. The topological polar surface area (TPSA) is 146 Å². The third-order valence-corrected chi connectivity index (χ3v) is 11.6. The molecule has 0 aliphatic rings. The zero-order valence-corrected chi connectivity index (χ0v) is 35.6.